The summed E-state index contributed by atoms with van der Waals surface area (Å²) in [6.07, 6.45) is 4.44. The minimum atomic E-state index is 0.220. The zero-order chi connectivity index (χ0) is 13.9. The molecule has 0 saturated heterocycles. The van der Waals surface area contributed by atoms with Crippen molar-refractivity contribution in [2.45, 2.75) is 58.7 Å². The minimum absolute atomic E-state index is 0.220. The van der Waals surface area contributed by atoms with Crippen LogP contribution in [0, 0.1) is 5.92 Å². The molecule has 1 heterocycles. The molecule has 2 rings (SSSR count). The van der Waals surface area contributed by atoms with Gasteiger partial charge in [-0.3, -0.25) is 4.90 Å². The van der Waals surface area contributed by atoms with Crippen molar-refractivity contribution in [1.29, 1.82) is 0 Å². The van der Waals surface area contributed by atoms with Crippen LogP contribution in [0.4, 0.5) is 0 Å². The first-order valence-corrected chi connectivity index (χ1v) is 7.51. The van der Waals surface area contributed by atoms with Crippen LogP contribution in [0.2, 0.25) is 0 Å². The monoisotopic (exact) mass is 264 g/mol. The summed E-state index contributed by atoms with van der Waals surface area (Å²) < 4.78 is 5.48. The second-order valence-corrected chi connectivity index (χ2v) is 6.68. The molecule has 1 N–H and O–H groups in total. The Labute approximate surface area is 117 Å². The van der Waals surface area contributed by atoms with Crippen molar-refractivity contribution >= 4 is 0 Å². The highest BCUT2D eigenvalue weighted by molar-refractivity contribution is 5.00. The number of nitrogens with one attached hydrogen (secondary N) is 1. The Hall–Kier alpha value is -0.800. The summed E-state index contributed by atoms with van der Waals surface area (Å²) in [6.45, 7) is 12.1. The lowest BCUT2D eigenvalue weighted by Crippen LogP contribution is -2.52. The van der Waals surface area contributed by atoms with Crippen molar-refractivity contribution in [1.82, 2.24) is 10.2 Å². The van der Waals surface area contributed by atoms with Gasteiger partial charge in [-0.15, -0.1) is 0 Å². The van der Waals surface area contributed by atoms with E-state index in [0.717, 1.165) is 31.3 Å². The van der Waals surface area contributed by atoms with Crippen LogP contribution in [0.1, 0.15) is 46.3 Å². The Balaban J connectivity index is 1.85. The predicted molar refractivity (Wildman–Crippen MR) is 79.1 cm³/mol. The lowest BCUT2D eigenvalue weighted by atomic mass is 9.78. The molecule has 1 aromatic rings. The van der Waals surface area contributed by atoms with Gasteiger partial charge in [-0.2, -0.15) is 0 Å². The second-order valence-electron chi connectivity index (χ2n) is 6.68. The SMILES string of the molecule is CCN(Cc1ccco1)C1CCC1CNC(C)(C)C. The summed E-state index contributed by atoms with van der Waals surface area (Å²) in [6, 6.07) is 4.76. The van der Waals surface area contributed by atoms with Crippen LogP contribution in [0.5, 0.6) is 0 Å². The highest BCUT2D eigenvalue weighted by Crippen LogP contribution is 2.33. The molecule has 1 saturated carbocycles. The van der Waals surface area contributed by atoms with Crippen molar-refractivity contribution in [3.8, 4) is 0 Å². The van der Waals surface area contributed by atoms with Gasteiger partial charge in [-0.25, -0.2) is 0 Å². The molecule has 108 valence electrons. The average Bonchev–Trinajstić information content (AvgIpc) is 2.77. The first-order chi connectivity index (χ1) is 8.99. The average molecular weight is 264 g/mol. The van der Waals surface area contributed by atoms with Gasteiger partial charge in [0, 0.05) is 11.6 Å². The van der Waals surface area contributed by atoms with Gasteiger partial charge in [0.05, 0.1) is 12.8 Å². The zero-order valence-corrected chi connectivity index (χ0v) is 12.8. The number of rotatable bonds is 6. The van der Waals surface area contributed by atoms with E-state index >= 15 is 0 Å². The Kier molecular flexibility index (Phi) is 4.69. The van der Waals surface area contributed by atoms with Crippen LogP contribution in [-0.4, -0.2) is 29.6 Å². The Morgan fingerprint density at radius 1 is 1.37 bits per heavy atom. The van der Waals surface area contributed by atoms with E-state index in [-0.39, 0.29) is 5.54 Å². The largest absolute Gasteiger partial charge is 0.468 e. The van der Waals surface area contributed by atoms with Crippen molar-refractivity contribution < 1.29 is 4.42 Å². The molecule has 0 amide bonds. The number of hydrogen-bond donors (Lipinski definition) is 1. The van der Waals surface area contributed by atoms with Crippen LogP contribution < -0.4 is 5.32 Å². The maximum Gasteiger partial charge on any atom is 0.117 e. The zero-order valence-electron chi connectivity index (χ0n) is 12.8. The molecule has 3 nitrogen and oxygen atoms in total. The fourth-order valence-corrected chi connectivity index (χ4v) is 2.77. The molecule has 1 aliphatic rings. The molecular weight excluding hydrogens is 236 g/mol. The molecule has 1 aliphatic carbocycles. The van der Waals surface area contributed by atoms with Crippen molar-refractivity contribution in [3.05, 3.63) is 24.2 Å². The lowest BCUT2D eigenvalue weighted by Gasteiger charge is -2.45. The van der Waals surface area contributed by atoms with Crippen molar-refractivity contribution in [2.24, 2.45) is 5.92 Å². The highest BCUT2D eigenvalue weighted by Gasteiger charge is 2.35. The summed E-state index contributed by atoms with van der Waals surface area (Å²) in [5.74, 6) is 1.87. The van der Waals surface area contributed by atoms with Gasteiger partial charge >= 0.3 is 0 Å². The van der Waals surface area contributed by atoms with E-state index in [1.54, 1.807) is 6.26 Å². The van der Waals surface area contributed by atoms with Crippen LogP contribution in [0.15, 0.2) is 22.8 Å². The van der Waals surface area contributed by atoms with Crippen LogP contribution in [0.25, 0.3) is 0 Å². The maximum absolute atomic E-state index is 5.48. The summed E-state index contributed by atoms with van der Waals surface area (Å²) in [7, 11) is 0. The normalized spacial score (nSPS) is 23.6. The molecule has 3 heteroatoms. The summed E-state index contributed by atoms with van der Waals surface area (Å²) in [5, 5.41) is 3.64. The van der Waals surface area contributed by atoms with E-state index in [4.69, 9.17) is 4.42 Å². The first-order valence-electron chi connectivity index (χ1n) is 7.51. The molecule has 1 fully saturated rings. The molecule has 0 spiro atoms. The first kappa shape index (κ1) is 14.6. The van der Waals surface area contributed by atoms with Gasteiger partial charge in [0.15, 0.2) is 0 Å². The lowest BCUT2D eigenvalue weighted by molar-refractivity contribution is 0.0513. The topological polar surface area (TPSA) is 28.4 Å². The molecule has 1 aromatic heterocycles. The number of furan rings is 1. The molecule has 19 heavy (non-hydrogen) atoms. The minimum Gasteiger partial charge on any atom is -0.468 e. The van der Waals surface area contributed by atoms with E-state index in [1.165, 1.54) is 12.8 Å². The van der Waals surface area contributed by atoms with Gasteiger partial charge in [0.2, 0.25) is 0 Å². The molecule has 0 aromatic carbocycles. The Bertz CT molecular complexity index is 367. The third kappa shape index (κ3) is 4.08. The van der Waals surface area contributed by atoms with Crippen LogP contribution in [0.3, 0.4) is 0 Å². The van der Waals surface area contributed by atoms with Crippen molar-refractivity contribution in [3.63, 3.8) is 0 Å². The highest BCUT2D eigenvalue weighted by atomic mass is 16.3. The third-order valence-corrected chi connectivity index (χ3v) is 4.09. The summed E-state index contributed by atoms with van der Waals surface area (Å²) >= 11 is 0. The van der Waals surface area contributed by atoms with Crippen molar-refractivity contribution in [2.75, 3.05) is 13.1 Å². The standard InChI is InChI=1S/C16H28N2O/c1-5-18(12-14-7-6-10-19-14)15-9-8-13(15)11-17-16(2,3)4/h6-7,10,13,15,17H,5,8-9,11-12H2,1-4H3. The fourth-order valence-electron chi connectivity index (χ4n) is 2.77. The Morgan fingerprint density at radius 2 is 2.16 bits per heavy atom. The van der Waals surface area contributed by atoms with Gasteiger partial charge in [0.1, 0.15) is 5.76 Å². The van der Waals surface area contributed by atoms with Crippen LogP contribution in [-0.2, 0) is 6.54 Å². The smallest absolute Gasteiger partial charge is 0.117 e. The third-order valence-electron chi connectivity index (χ3n) is 4.09. The van der Waals surface area contributed by atoms with E-state index in [0.29, 0.717) is 6.04 Å². The predicted octanol–water partition coefficient (Wildman–Crippen LogP) is 3.27. The second kappa shape index (κ2) is 6.10. The van der Waals surface area contributed by atoms with Gasteiger partial charge in [-0.1, -0.05) is 6.92 Å². The van der Waals surface area contributed by atoms with E-state index in [9.17, 15) is 0 Å². The van der Waals surface area contributed by atoms with Gasteiger partial charge < -0.3 is 9.73 Å². The van der Waals surface area contributed by atoms with Gasteiger partial charge in [0.25, 0.3) is 0 Å². The quantitative estimate of drug-likeness (QED) is 0.855. The van der Waals surface area contributed by atoms with E-state index in [1.807, 2.05) is 6.07 Å². The van der Waals surface area contributed by atoms with Crippen LogP contribution >= 0.6 is 0 Å². The molecular formula is C16H28N2O. The molecule has 0 aliphatic heterocycles. The molecule has 2 unspecified atom stereocenters. The van der Waals surface area contributed by atoms with E-state index in [2.05, 4.69) is 44.0 Å². The number of hydrogen-bond acceptors (Lipinski definition) is 3. The van der Waals surface area contributed by atoms with Gasteiger partial charge in [-0.05, 0) is 64.8 Å². The van der Waals surface area contributed by atoms with E-state index < -0.39 is 0 Å². The summed E-state index contributed by atoms with van der Waals surface area (Å²) in [5.41, 5.74) is 0.220. The molecule has 2 atom stereocenters. The Morgan fingerprint density at radius 3 is 2.63 bits per heavy atom. The molecule has 0 bridgehead atoms. The summed E-state index contributed by atoms with van der Waals surface area (Å²) in [4.78, 5) is 2.55. The number of nitrogens with zero attached hydrogens (tertiary/aromatic N) is 1. The maximum atomic E-state index is 5.48. The molecule has 0 radical (unpaired) electrons. The fraction of sp³-hybridized carbons (Fsp3) is 0.750.